The maximum Gasteiger partial charge on any atom is 0.338 e. The van der Waals surface area contributed by atoms with E-state index in [2.05, 4.69) is 5.32 Å². The molecular weight excluding hydrogens is 538 g/mol. The van der Waals surface area contributed by atoms with E-state index in [1.165, 1.54) is 30.3 Å². The summed E-state index contributed by atoms with van der Waals surface area (Å²) in [6.45, 7) is -0.574. The van der Waals surface area contributed by atoms with Gasteiger partial charge >= 0.3 is 5.97 Å². The van der Waals surface area contributed by atoms with Gasteiger partial charge in [0.05, 0.1) is 44.6 Å². The largest absolute Gasteiger partial charge is 0.452 e. The van der Waals surface area contributed by atoms with E-state index in [1.807, 2.05) is 0 Å². The van der Waals surface area contributed by atoms with E-state index in [4.69, 9.17) is 51.1 Å². The average Bonchev–Trinajstić information content (AvgIpc) is 3.44. The average molecular weight is 556 g/mol. The van der Waals surface area contributed by atoms with E-state index in [-0.39, 0.29) is 56.4 Å². The van der Waals surface area contributed by atoms with Crippen LogP contribution in [0, 0.1) is 23.7 Å². The van der Waals surface area contributed by atoms with Crippen molar-refractivity contribution in [2.75, 3.05) is 16.8 Å². The Hall–Kier alpha value is -2.32. The normalized spacial score (nSPS) is 28.9. The van der Waals surface area contributed by atoms with Gasteiger partial charge in [-0.1, -0.05) is 29.3 Å². The third-order valence-electron chi connectivity index (χ3n) is 6.86. The Labute approximate surface area is 220 Å². The number of fused-ring (bicyclic) bond motifs is 5. The minimum absolute atomic E-state index is 0.0853. The fraction of sp³-hybridized carbons (Fsp3) is 0.333. The maximum absolute atomic E-state index is 13.2. The molecule has 5 rings (SSSR count). The fourth-order valence-electron chi connectivity index (χ4n) is 5.37. The lowest BCUT2D eigenvalue weighted by Crippen LogP contribution is -2.37. The summed E-state index contributed by atoms with van der Waals surface area (Å²) in [6.07, 6.45) is 0.664. The standard InChI is InChI=1S/C24H18Cl4N2O5/c25-11-4-5-15(26)16(7-11)29-17(31)9-35-24(34)10-2-1-3-12(6-10)30-22(32)18-13-8-14(19(18)23(30)33)21(28)20(13)27/h1-7,13-14,18-21H,8-9H2,(H,29,31)/t13-,14-,18-,19+,20-,21+/m1/s1. The molecule has 1 saturated heterocycles. The van der Waals surface area contributed by atoms with Gasteiger partial charge in [0, 0.05) is 5.02 Å². The predicted octanol–water partition coefficient (Wildman–Crippen LogP) is 4.76. The number of ether oxygens (including phenoxy) is 1. The van der Waals surface area contributed by atoms with Crippen molar-refractivity contribution in [1.82, 2.24) is 0 Å². The van der Waals surface area contributed by atoms with Crippen molar-refractivity contribution < 1.29 is 23.9 Å². The zero-order valence-electron chi connectivity index (χ0n) is 17.9. The van der Waals surface area contributed by atoms with Gasteiger partial charge in [0.1, 0.15) is 0 Å². The van der Waals surface area contributed by atoms with Gasteiger partial charge in [-0.05, 0) is 54.7 Å². The lowest BCUT2D eigenvalue weighted by molar-refractivity contribution is -0.123. The molecule has 2 saturated carbocycles. The van der Waals surface area contributed by atoms with Crippen LogP contribution in [0.25, 0.3) is 0 Å². The fourth-order valence-corrected chi connectivity index (χ4v) is 6.60. The second-order valence-corrected chi connectivity index (χ2v) is 10.7. The summed E-state index contributed by atoms with van der Waals surface area (Å²) >= 11 is 24.7. The molecule has 0 aromatic heterocycles. The molecule has 2 aliphatic carbocycles. The number of carbonyl (C=O) groups excluding carboxylic acids is 4. The highest BCUT2D eigenvalue weighted by Crippen LogP contribution is 2.59. The van der Waals surface area contributed by atoms with Crippen LogP contribution in [0.4, 0.5) is 11.4 Å². The summed E-state index contributed by atoms with van der Waals surface area (Å²) in [4.78, 5) is 52.2. The number of carbonyl (C=O) groups is 4. The zero-order chi connectivity index (χ0) is 25.0. The summed E-state index contributed by atoms with van der Waals surface area (Å²) in [7, 11) is 0. The number of amides is 3. The van der Waals surface area contributed by atoms with Crippen molar-refractivity contribution in [3.8, 4) is 0 Å². The molecule has 6 atom stereocenters. The first-order valence-corrected chi connectivity index (χ1v) is 12.5. The smallest absolute Gasteiger partial charge is 0.338 e. The Balaban J connectivity index is 1.27. The summed E-state index contributed by atoms with van der Waals surface area (Å²) in [6, 6.07) is 10.5. The Kier molecular flexibility index (Phi) is 6.46. The van der Waals surface area contributed by atoms with E-state index in [0.717, 1.165) is 4.90 Å². The predicted molar refractivity (Wildman–Crippen MR) is 132 cm³/mol. The van der Waals surface area contributed by atoms with Gasteiger partial charge in [-0.2, -0.15) is 0 Å². The number of benzene rings is 2. The van der Waals surface area contributed by atoms with Gasteiger partial charge in [0.15, 0.2) is 6.61 Å². The summed E-state index contributed by atoms with van der Waals surface area (Å²) in [5.74, 6) is -3.34. The molecule has 7 nitrogen and oxygen atoms in total. The van der Waals surface area contributed by atoms with Crippen LogP contribution < -0.4 is 10.2 Å². The third-order valence-corrected chi connectivity index (χ3v) is 8.75. The maximum atomic E-state index is 13.2. The minimum atomic E-state index is -0.791. The molecule has 0 spiro atoms. The molecule has 2 bridgehead atoms. The van der Waals surface area contributed by atoms with Crippen molar-refractivity contribution in [2.45, 2.75) is 17.2 Å². The number of nitrogens with one attached hydrogen (secondary N) is 1. The summed E-state index contributed by atoms with van der Waals surface area (Å²) in [5.41, 5.74) is 0.629. The molecule has 1 N–H and O–H groups in total. The number of hydrogen-bond acceptors (Lipinski definition) is 5. The molecule has 182 valence electrons. The van der Waals surface area contributed by atoms with Crippen molar-refractivity contribution in [2.24, 2.45) is 23.7 Å². The van der Waals surface area contributed by atoms with E-state index in [1.54, 1.807) is 12.1 Å². The second kappa shape index (κ2) is 9.28. The highest BCUT2D eigenvalue weighted by molar-refractivity contribution is 6.35. The molecule has 0 unspecified atom stereocenters. The van der Waals surface area contributed by atoms with Crippen LogP contribution in [-0.4, -0.2) is 41.1 Å². The zero-order valence-corrected chi connectivity index (χ0v) is 20.9. The Morgan fingerprint density at radius 1 is 0.971 bits per heavy atom. The van der Waals surface area contributed by atoms with E-state index in [0.29, 0.717) is 11.4 Å². The van der Waals surface area contributed by atoms with Crippen LogP contribution in [0.2, 0.25) is 10.0 Å². The number of alkyl halides is 2. The first-order valence-electron chi connectivity index (χ1n) is 10.9. The first-order chi connectivity index (χ1) is 16.7. The van der Waals surface area contributed by atoms with Gasteiger partial charge in [-0.3, -0.25) is 19.3 Å². The van der Waals surface area contributed by atoms with E-state index in [9.17, 15) is 19.2 Å². The molecule has 2 aromatic rings. The summed E-state index contributed by atoms with van der Waals surface area (Å²) < 4.78 is 5.10. The van der Waals surface area contributed by atoms with E-state index >= 15 is 0 Å². The van der Waals surface area contributed by atoms with Gasteiger partial charge in [0.2, 0.25) is 11.8 Å². The molecule has 1 aliphatic heterocycles. The number of hydrogen-bond donors (Lipinski definition) is 1. The van der Waals surface area contributed by atoms with Crippen molar-refractivity contribution in [3.63, 3.8) is 0 Å². The lowest BCUT2D eigenvalue weighted by atomic mass is 9.80. The van der Waals surface area contributed by atoms with E-state index < -0.39 is 30.3 Å². The Morgan fingerprint density at radius 3 is 2.29 bits per heavy atom. The van der Waals surface area contributed by atoms with Crippen LogP contribution in [0.3, 0.4) is 0 Å². The van der Waals surface area contributed by atoms with Gasteiger partial charge in [-0.25, -0.2) is 4.79 Å². The van der Waals surface area contributed by atoms with Gasteiger partial charge < -0.3 is 10.1 Å². The molecule has 11 heteroatoms. The molecule has 3 aliphatic rings. The molecule has 0 radical (unpaired) electrons. The Morgan fingerprint density at radius 2 is 1.63 bits per heavy atom. The number of nitrogens with zero attached hydrogens (tertiary/aromatic N) is 1. The summed E-state index contributed by atoms with van der Waals surface area (Å²) in [5, 5.41) is 2.47. The highest BCUT2D eigenvalue weighted by Gasteiger charge is 2.66. The monoisotopic (exact) mass is 554 g/mol. The number of anilines is 2. The van der Waals surface area contributed by atoms with Gasteiger partial charge in [0.25, 0.3) is 5.91 Å². The molecule has 35 heavy (non-hydrogen) atoms. The SMILES string of the molecule is O=C(COC(=O)c1cccc(N2C(=O)[C@@H]3[C@H]4C[C@@H]([C@H](Cl)[C@@H]4Cl)[C@@H]3C2=O)c1)Nc1cc(Cl)ccc1Cl. The number of halogens is 4. The number of imide groups is 1. The third kappa shape index (κ3) is 4.18. The first kappa shape index (κ1) is 24.4. The molecule has 2 aromatic carbocycles. The number of rotatable bonds is 5. The quantitative estimate of drug-likeness (QED) is 0.326. The van der Waals surface area contributed by atoms with Crippen LogP contribution in [0.1, 0.15) is 16.8 Å². The lowest BCUT2D eigenvalue weighted by Gasteiger charge is -2.28. The molecule has 3 amide bonds. The highest BCUT2D eigenvalue weighted by atomic mass is 35.5. The number of esters is 1. The van der Waals surface area contributed by atoms with Crippen LogP contribution in [-0.2, 0) is 19.1 Å². The molecule has 1 heterocycles. The Bertz CT molecular complexity index is 1220. The van der Waals surface area contributed by atoms with Crippen LogP contribution in [0.5, 0.6) is 0 Å². The molecular formula is C24H18Cl4N2O5. The second-order valence-electron chi connectivity index (χ2n) is 8.81. The van der Waals surface area contributed by atoms with Crippen molar-refractivity contribution in [1.29, 1.82) is 0 Å². The van der Waals surface area contributed by atoms with Crippen LogP contribution >= 0.6 is 46.4 Å². The van der Waals surface area contributed by atoms with Gasteiger partial charge in [-0.15, -0.1) is 23.2 Å². The topological polar surface area (TPSA) is 92.8 Å². The van der Waals surface area contributed by atoms with Crippen LogP contribution in [0.15, 0.2) is 42.5 Å². The van der Waals surface area contributed by atoms with Crippen molar-refractivity contribution in [3.05, 3.63) is 58.1 Å². The van der Waals surface area contributed by atoms with Crippen molar-refractivity contribution >= 4 is 81.5 Å². The molecule has 3 fully saturated rings. The minimum Gasteiger partial charge on any atom is -0.452 e.